The van der Waals surface area contributed by atoms with Crippen LogP contribution in [0.25, 0.3) is 0 Å². The minimum absolute atomic E-state index is 0.00115. The number of ether oxygens (including phenoxy) is 2. The Bertz CT molecular complexity index is 1280. The topological polar surface area (TPSA) is 89.6 Å². The molecule has 2 aromatic carbocycles. The summed E-state index contributed by atoms with van der Waals surface area (Å²) in [7, 11) is 0. The molecule has 2 bridgehead atoms. The van der Waals surface area contributed by atoms with E-state index < -0.39 is 17.9 Å². The second kappa shape index (κ2) is 10.3. The molecule has 2 saturated heterocycles. The predicted molar refractivity (Wildman–Crippen MR) is 132 cm³/mol. The summed E-state index contributed by atoms with van der Waals surface area (Å²) < 4.78 is 63.4. The van der Waals surface area contributed by atoms with Gasteiger partial charge < -0.3 is 19.5 Å². The number of aliphatic hydroxyl groups is 1. The fourth-order valence-corrected chi connectivity index (χ4v) is 5.57. The van der Waals surface area contributed by atoms with Crippen LogP contribution in [0.15, 0.2) is 53.8 Å². The van der Waals surface area contributed by atoms with Crippen LogP contribution in [0.1, 0.15) is 49.7 Å². The van der Waals surface area contributed by atoms with E-state index in [2.05, 4.69) is 9.64 Å². The number of nitrogens with zero attached hydrogens (tertiary/aromatic N) is 2. The SMILES string of the molecule is N#Cc1ccc(N2C3CC[C@H]2CC(OC/C(C(=N)c2ccccc2OC(F)(F)F)=C(/O)C2CC2)C3)cc1F. The van der Waals surface area contributed by atoms with Crippen molar-refractivity contribution in [2.45, 2.75) is 63.1 Å². The molecule has 2 heterocycles. The minimum atomic E-state index is -4.92. The van der Waals surface area contributed by atoms with Crippen molar-refractivity contribution < 1.29 is 32.1 Å². The number of piperidine rings is 1. The Morgan fingerprint density at radius 3 is 2.37 bits per heavy atom. The van der Waals surface area contributed by atoms with Crippen molar-refractivity contribution >= 4 is 11.4 Å². The number of hydrogen-bond acceptors (Lipinski definition) is 6. The summed E-state index contributed by atoms with van der Waals surface area (Å²) in [6.07, 6.45) is -0.517. The summed E-state index contributed by atoms with van der Waals surface area (Å²) in [5.41, 5.74) is 0.548. The van der Waals surface area contributed by atoms with Crippen molar-refractivity contribution in [3.63, 3.8) is 0 Å². The van der Waals surface area contributed by atoms with Crippen LogP contribution in [-0.2, 0) is 4.74 Å². The normalized spacial score (nSPS) is 23.6. The first-order chi connectivity index (χ1) is 18.1. The molecule has 200 valence electrons. The van der Waals surface area contributed by atoms with Crippen LogP contribution in [0, 0.1) is 28.5 Å². The highest BCUT2D eigenvalue weighted by molar-refractivity contribution is 6.12. The van der Waals surface area contributed by atoms with E-state index in [-0.39, 0.29) is 58.9 Å². The van der Waals surface area contributed by atoms with Crippen LogP contribution in [0.3, 0.4) is 0 Å². The van der Waals surface area contributed by atoms with Gasteiger partial charge >= 0.3 is 6.36 Å². The lowest BCUT2D eigenvalue weighted by molar-refractivity contribution is -0.274. The fourth-order valence-electron chi connectivity index (χ4n) is 5.57. The first-order valence-corrected chi connectivity index (χ1v) is 12.6. The monoisotopic (exact) mass is 529 g/mol. The number of fused-ring (bicyclic) bond motifs is 2. The molecule has 0 aromatic heterocycles. The summed E-state index contributed by atoms with van der Waals surface area (Å²) in [6.45, 7) is -0.114. The van der Waals surface area contributed by atoms with Crippen LogP contribution >= 0.6 is 0 Å². The molecule has 6 nitrogen and oxygen atoms in total. The third-order valence-electron chi connectivity index (χ3n) is 7.48. The first kappa shape index (κ1) is 26.0. The maximum absolute atomic E-state index is 14.3. The van der Waals surface area contributed by atoms with E-state index in [1.54, 1.807) is 6.07 Å². The molecule has 3 atom stereocenters. The second-order valence-electron chi connectivity index (χ2n) is 10.0. The Hall–Kier alpha value is -3.58. The van der Waals surface area contributed by atoms with Gasteiger partial charge in [-0.15, -0.1) is 13.2 Å². The van der Waals surface area contributed by atoms with E-state index in [9.17, 15) is 22.7 Å². The summed E-state index contributed by atoms with van der Waals surface area (Å²) in [5, 5.41) is 28.5. The largest absolute Gasteiger partial charge is 0.573 e. The molecule has 3 aliphatic rings. The number of anilines is 1. The lowest BCUT2D eigenvalue weighted by atomic mass is 9.97. The van der Waals surface area contributed by atoms with Gasteiger partial charge in [-0.1, -0.05) is 12.1 Å². The molecule has 2 N–H and O–H groups in total. The summed E-state index contributed by atoms with van der Waals surface area (Å²) in [6, 6.07) is 12.1. The minimum Gasteiger partial charge on any atom is -0.512 e. The molecule has 0 radical (unpaired) electrons. The van der Waals surface area contributed by atoms with Gasteiger partial charge in [0, 0.05) is 34.8 Å². The van der Waals surface area contributed by atoms with Crippen molar-refractivity contribution in [3.05, 3.63) is 70.7 Å². The van der Waals surface area contributed by atoms with Crippen LogP contribution < -0.4 is 9.64 Å². The van der Waals surface area contributed by atoms with E-state index in [1.807, 2.05) is 6.07 Å². The van der Waals surface area contributed by atoms with E-state index >= 15 is 0 Å². The average Bonchev–Trinajstić information content (AvgIpc) is 3.68. The van der Waals surface area contributed by atoms with Crippen LogP contribution in [0.5, 0.6) is 5.75 Å². The Kier molecular flexibility index (Phi) is 7.05. The van der Waals surface area contributed by atoms with E-state index in [0.29, 0.717) is 12.8 Å². The molecule has 1 aliphatic carbocycles. The van der Waals surface area contributed by atoms with Crippen molar-refractivity contribution in [2.24, 2.45) is 5.92 Å². The number of halogens is 4. The van der Waals surface area contributed by atoms with Gasteiger partial charge in [0.2, 0.25) is 0 Å². The van der Waals surface area contributed by atoms with Crippen molar-refractivity contribution in [2.75, 3.05) is 11.5 Å². The molecule has 3 fully saturated rings. The maximum atomic E-state index is 14.3. The lowest BCUT2D eigenvalue weighted by Crippen LogP contribution is -2.45. The number of nitrogens with one attached hydrogen (secondary N) is 1. The molecule has 2 unspecified atom stereocenters. The second-order valence-corrected chi connectivity index (χ2v) is 10.0. The smallest absolute Gasteiger partial charge is 0.512 e. The van der Waals surface area contributed by atoms with Gasteiger partial charge in [0.25, 0.3) is 0 Å². The summed E-state index contributed by atoms with van der Waals surface area (Å²) in [4.78, 5) is 2.18. The number of nitriles is 1. The van der Waals surface area contributed by atoms with E-state index in [4.69, 9.17) is 15.4 Å². The number of alkyl halides is 3. The van der Waals surface area contributed by atoms with Crippen LogP contribution in [-0.4, -0.2) is 42.0 Å². The number of allylic oxidation sites excluding steroid dienone is 1. The van der Waals surface area contributed by atoms with Crippen molar-refractivity contribution in [1.29, 1.82) is 10.7 Å². The quantitative estimate of drug-likeness (QED) is 0.235. The number of rotatable bonds is 8. The van der Waals surface area contributed by atoms with Gasteiger partial charge in [-0.3, -0.25) is 5.41 Å². The molecular formula is C28H27F4N3O3. The number of benzene rings is 2. The molecule has 2 aliphatic heterocycles. The van der Waals surface area contributed by atoms with Gasteiger partial charge in [-0.05, 0) is 68.9 Å². The Labute approximate surface area is 217 Å². The average molecular weight is 530 g/mol. The molecule has 0 amide bonds. The van der Waals surface area contributed by atoms with Gasteiger partial charge in [0.1, 0.15) is 23.4 Å². The molecule has 10 heteroatoms. The highest BCUT2D eigenvalue weighted by Crippen LogP contribution is 2.42. The zero-order valence-electron chi connectivity index (χ0n) is 20.5. The molecule has 0 spiro atoms. The number of para-hydroxylation sites is 1. The number of hydrogen-bond donors (Lipinski definition) is 2. The highest BCUT2D eigenvalue weighted by atomic mass is 19.4. The summed E-state index contributed by atoms with van der Waals surface area (Å²) >= 11 is 0. The first-order valence-electron chi connectivity index (χ1n) is 12.6. The van der Waals surface area contributed by atoms with Crippen LogP contribution in [0.2, 0.25) is 0 Å². The lowest BCUT2D eigenvalue weighted by Gasteiger charge is -2.40. The zero-order chi connectivity index (χ0) is 27.0. The van der Waals surface area contributed by atoms with E-state index in [1.165, 1.54) is 30.3 Å². The zero-order valence-corrected chi connectivity index (χ0v) is 20.5. The number of aliphatic hydroxyl groups excluding tert-OH is 1. The third-order valence-corrected chi connectivity index (χ3v) is 7.48. The molecule has 5 rings (SSSR count). The molecule has 1 saturated carbocycles. The fraction of sp³-hybridized carbons (Fsp3) is 0.429. The Morgan fingerprint density at radius 2 is 1.76 bits per heavy atom. The predicted octanol–water partition coefficient (Wildman–Crippen LogP) is 6.40. The Balaban J connectivity index is 1.31. The van der Waals surface area contributed by atoms with Gasteiger partial charge in [0.15, 0.2) is 0 Å². The van der Waals surface area contributed by atoms with Gasteiger partial charge in [-0.2, -0.15) is 5.26 Å². The highest BCUT2D eigenvalue weighted by Gasteiger charge is 2.42. The van der Waals surface area contributed by atoms with Gasteiger partial charge in [-0.25, -0.2) is 4.39 Å². The maximum Gasteiger partial charge on any atom is 0.573 e. The van der Waals surface area contributed by atoms with Crippen molar-refractivity contribution in [1.82, 2.24) is 0 Å². The molecule has 38 heavy (non-hydrogen) atoms. The van der Waals surface area contributed by atoms with E-state index in [0.717, 1.165) is 37.4 Å². The standard InChI is InChI=1S/C28H27F4N3O3/c29-24-13-20(8-7-17(24)14-33)35-18-9-10-19(35)12-21(11-18)37-15-23(27(36)16-5-6-16)26(34)22-3-1-2-4-25(22)38-28(30,31)32/h1-4,7-8,13,16,18-19,21,34,36H,5-6,9-12,15H2/b27-23-,34-26?/t18-,19?,21?/m0/s1. The summed E-state index contributed by atoms with van der Waals surface area (Å²) in [5.74, 6) is -1.22. The van der Waals surface area contributed by atoms with Crippen molar-refractivity contribution in [3.8, 4) is 11.8 Å². The van der Waals surface area contributed by atoms with Gasteiger partial charge in [0.05, 0.1) is 24.0 Å². The molecule has 2 aromatic rings. The Morgan fingerprint density at radius 1 is 1.08 bits per heavy atom. The molecular weight excluding hydrogens is 502 g/mol. The van der Waals surface area contributed by atoms with Crippen LogP contribution in [0.4, 0.5) is 23.2 Å². The third kappa shape index (κ3) is 5.48.